The quantitative estimate of drug-likeness (QED) is 0.734. The van der Waals surface area contributed by atoms with Gasteiger partial charge in [-0.2, -0.15) is 0 Å². The van der Waals surface area contributed by atoms with Gasteiger partial charge in [0.2, 0.25) is 0 Å². The van der Waals surface area contributed by atoms with Gasteiger partial charge in [-0.3, -0.25) is 4.79 Å². The molecule has 1 N–H and O–H groups in total. The Balaban J connectivity index is 2.31. The molecular weight excluding hydrogens is 190 g/mol. The van der Waals surface area contributed by atoms with Crippen molar-refractivity contribution in [2.24, 2.45) is 0 Å². The molecule has 0 aliphatic carbocycles. The number of carbonyl (C=O) groups excluding carboxylic acids is 1. The first-order valence-corrected chi connectivity index (χ1v) is 5.22. The van der Waals surface area contributed by atoms with Gasteiger partial charge in [-0.25, -0.2) is 9.97 Å². The lowest BCUT2D eigenvalue weighted by Crippen LogP contribution is -2.35. The van der Waals surface area contributed by atoms with E-state index in [4.69, 9.17) is 0 Å². The molecule has 2 rings (SSSR count). The summed E-state index contributed by atoms with van der Waals surface area (Å²) in [6.07, 6.45) is 0.604. The van der Waals surface area contributed by atoms with Gasteiger partial charge in [-0.1, -0.05) is 0 Å². The molecular formula is C11H15N3O. The average molecular weight is 205 g/mol. The molecule has 15 heavy (non-hydrogen) atoms. The molecule has 80 valence electrons. The zero-order valence-electron chi connectivity index (χ0n) is 9.08. The number of hydrogen-bond donors (Lipinski definition) is 1. The third-order valence-electron chi connectivity index (χ3n) is 2.63. The summed E-state index contributed by atoms with van der Waals surface area (Å²) in [6.45, 7) is 5.28. The summed E-state index contributed by atoms with van der Waals surface area (Å²) in [4.78, 5) is 20.3. The second kappa shape index (κ2) is 4.06. The van der Waals surface area contributed by atoms with Crippen LogP contribution in [0.1, 0.15) is 29.6 Å². The van der Waals surface area contributed by atoms with Crippen LogP contribution in [-0.2, 0) is 4.79 Å². The number of Topliss-reactive ketones (excluding diaryl/α,β-unsaturated/α-hetero) is 1. The number of nitrogens with one attached hydrogen (secondary N) is 1. The van der Waals surface area contributed by atoms with Gasteiger partial charge in [-0.05, 0) is 19.9 Å². The molecule has 0 aromatic carbocycles. The van der Waals surface area contributed by atoms with Crippen LogP contribution in [0.4, 0.5) is 0 Å². The highest BCUT2D eigenvalue weighted by Gasteiger charge is 2.25. The molecule has 0 amide bonds. The Bertz CT molecular complexity index is 369. The van der Waals surface area contributed by atoms with E-state index in [2.05, 4.69) is 15.3 Å². The number of ketones is 1. The zero-order chi connectivity index (χ0) is 10.8. The number of hydrogen-bond acceptors (Lipinski definition) is 4. The molecule has 1 aliphatic rings. The van der Waals surface area contributed by atoms with Gasteiger partial charge in [0.1, 0.15) is 11.6 Å². The van der Waals surface area contributed by atoms with Crippen LogP contribution >= 0.6 is 0 Å². The minimum Gasteiger partial charge on any atom is -0.315 e. The molecule has 1 unspecified atom stereocenters. The molecule has 0 spiro atoms. The highest BCUT2D eigenvalue weighted by Crippen LogP contribution is 2.18. The molecule has 1 aromatic rings. The molecule has 4 heteroatoms. The number of piperidine rings is 1. The molecule has 4 nitrogen and oxygen atoms in total. The first kappa shape index (κ1) is 10.2. The van der Waals surface area contributed by atoms with Crippen molar-refractivity contribution >= 4 is 5.78 Å². The number of rotatable bonds is 1. The van der Waals surface area contributed by atoms with Crippen LogP contribution in [0, 0.1) is 13.8 Å². The lowest BCUT2D eigenvalue weighted by molar-refractivity contribution is -0.121. The second-order valence-electron chi connectivity index (χ2n) is 3.95. The number of carbonyl (C=O) groups is 1. The van der Waals surface area contributed by atoms with Crippen molar-refractivity contribution in [2.45, 2.75) is 26.2 Å². The fourth-order valence-corrected chi connectivity index (χ4v) is 1.94. The van der Waals surface area contributed by atoms with Gasteiger partial charge in [-0.15, -0.1) is 0 Å². The van der Waals surface area contributed by atoms with Crippen LogP contribution < -0.4 is 5.32 Å². The van der Waals surface area contributed by atoms with Crippen molar-refractivity contribution in [3.05, 3.63) is 23.3 Å². The van der Waals surface area contributed by atoms with Crippen molar-refractivity contribution in [3.63, 3.8) is 0 Å². The van der Waals surface area contributed by atoms with Crippen LogP contribution in [0.5, 0.6) is 0 Å². The van der Waals surface area contributed by atoms with E-state index in [1.165, 1.54) is 0 Å². The van der Waals surface area contributed by atoms with Crippen molar-refractivity contribution in [2.75, 3.05) is 13.1 Å². The topological polar surface area (TPSA) is 54.9 Å². The fourth-order valence-electron chi connectivity index (χ4n) is 1.94. The molecule has 1 fully saturated rings. The van der Waals surface area contributed by atoms with Gasteiger partial charge in [0.05, 0.1) is 11.6 Å². The van der Waals surface area contributed by atoms with Crippen molar-refractivity contribution < 1.29 is 4.79 Å². The third kappa shape index (κ3) is 2.21. The maximum atomic E-state index is 11.7. The fraction of sp³-hybridized carbons (Fsp3) is 0.545. The summed E-state index contributed by atoms with van der Waals surface area (Å²) in [5.74, 6) is 0.939. The normalized spacial score (nSPS) is 21.7. The molecule has 1 aromatic heterocycles. The van der Waals surface area contributed by atoms with Crippen LogP contribution in [0.25, 0.3) is 0 Å². The summed E-state index contributed by atoms with van der Waals surface area (Å²) < 4.78 is 0. The minimum absolute atomic E-state index is 0.0841. The van der Waals surface area contributed by atoms with Gasteiger partial charge in [0.25, 0.3) is 0 Å². The Morgan fingerprint density at radius 2 is 2.20 bits per heavy atom. The summed E-state index contributed by atoms with van der Waals surface area (Å²) >= 11 is 0. The Kier molecular flexibility index (Phi) is 2.77. The largest absolute Gasteiger partial charge is 0.315 e. The van der Waals surface area contributed by atoms with E-state index in [9.17, 15) is 4.79 Å². The molecule has 1 aliphatic heterocycles. The van der Waals surface area contributed by atoms with Gasteiger partial charge < -0.3 is 5.32 Å². The van der Waals surface area contributed by atoms with E-state index in [0.29, 0.717) is 13.0 Å². The Labute approximate surface area is 89.1 Å². The first-order valence-electron chi connectivity index (χ1n) is 5.22. The van der Waals surface area contributed by atoms with Crippen LogP contribution in [0.3, 0.4) is 0 Å². The predicted molar refractivity (Wildman–Crippen MR) is 56.7 cm³/mol. The van der Waals surface area contributed by atoms with E-state index >= 15 is 0 Å². The lowest BCUT2D eigenvalue weighted by atomic mass is 9.94. The number of nitrogens with zero attached hydrogens (tertiary/aromatic N) is 2. The molecule has 0 bridgehead atoms. The monoisotopic (exact) mass is 205 g/mol. The van der Waals surface area contributed by atoms with E-state index in [1.807, 2.05) is 19.9 Å². The molecule has 1 saturated heterocycles. The molecule has 2 heterocycles. The van der Waals surface area contributed by atoms with E-state index in [1.54, 1.807) is 0 Å². The van der Waals surface area contributed by atoms with Crippen LogP contribution in [0.15, 0.2) is 6.07 Å². The molecule has 0 radical (unpaired) electrons. The highest BCUT2D eigenvalue weighted by molar-refractivity contribution is 5.86. The number of aromatic nitrogens is 2. The number of aryl methyl sites for hydroxylation is 2. The Morgan fingerprint density at radius 3 is 2.87 bits per heavy atom. The van der Waals surface area contributed by atoms with Crippen LogP contribution in [-0.4, -0.2) is 28.8 Å². The van der Waals surface area contributed by atoms with E-state index < -0.39 is 0 Å². The van der Waals surface area contributed by atoms with Gasteiger partial charge >= 0.3 is 0 Å². The SMILES string of the molecule is Cc1cc(C2CNCCC2=O)nc(C)n1. The Morgan fingerprint density at radius 1 is 1.40 bits per heavy atom. The Hall–Kier alpha value is -1.29. The van der Waals surface area contributed by atoms with Crippen molar-refractivity contribution in [1.82, 2.24) is 15.3 Å². The smallest absolute Gasteiger partial charge is 0.144 e. The van der Waals surface area contributed by atoms with Crippen molar-refractivity contribution in [1.29, 1.82) is 0 Å². The van der Waals surface area contributed by atoms with Gasteiger partial charge in [0.15, 0.2) is 0 Å². The summed E-state index contributed by atoms with van der Waals surface area (Å²) in [7, 11) is 0. The minimum atomic E-state index is -0.0841. The van der Waals surface area contributed by atoms with Crippen LogP contribution in [0.2, 0.25) is 0 Å². The standard InChI is InChI=1S/C11H15N3O/c1-7-5-10(14-8(2)13-7)9-6-12-4-3-11(9)15/h5,9,12H,3-4,6H2,1-2H3. The lowest BCUT2D eigenvalue weighted by Gasteiger charge is -2.21. The molecule has 1 atom stereocenters. The van der Waals surface area contributed by atoms with Gasteiger partial charge in [0, 0.05) is 25.2 Å². The maximum absolute atomic E-state index is 11.7. The van der Waals surface area contributed by atoms with E-state index in [-0.39, 0.29) is 11.7 Å². The van der Waals surface area contributed by atoms with E-state index in [0.717, 1.165) is 23.8 Å². The molecule has 0 saturated carbocycles. The average Bonchev–Trinajstić information content (AvgIpc) is 2.16. The predicted octanol–water partition coefficient (Wildman–Crippen LogP) is 0.739. The van der Waals surface area contributed by atoms with Crippen molar-refractivity contribution in [3.8, 4) is 0 Å². The highest BCUT2D eigenvalue weighted by atomic mass is 16.1. The summed E-state index contributed by atoms with van der Waals surface area (Å²) in [5.41, 5.74) is 1.79. The summed E-state index contributed by atoms with van der Waals surface area (Å²) in [5, 5.41) is 3.22. The first-order chi connectivity index (χ1) is 7.16. The second-order valence-corrected chi connectivity index (χ2v) is 3.95. The zero-order valence-corrected chi connectivity index (χ0v) is 9.08. The summed E-state index contributed by atoms with van der Waals surface area (Å²) in [6, 6.07) is 1.91. The maximum Gasteiger partial charge on any atom is 0.144 e. The third-order valence-corrected chi connectivity index (χ3v) is 2.63.